The molecule has 2 aromatic rings. The predicted molar refractivity (Wildman–Crippen MR) is 96.8 cm³/mol. The monoisotopic (exact) mass is 315 g/mol. The summed E-state index contributed by atoms with van der Waals surface area (Å²) in [6.07, 6.45) is 12.6. The number of imidazole rings is 1. The molecule has 0 aliphatic heterocycles. The molecule has 0 saturated heterocycles. The summed E-state index contributed by atoms with van der Waals surface area (Å²) < 4.78 is 2.03. The number of aliphatic imine (C=N–C) groups is 1. The molecular weight excluding hydrogens is 286 g/mol. The van der Waals surface area contributed by atoms with Crippen molar-refractivity contribution in [2.45, 2.75) is 51.9 Å². The second kappa shape index (κ2) is 9.87. The molecule has 0 saturated carbocycles. The van der Waals surface area contributed by atoms with Crippen LogP contribution in [0.1, 0.15) is 51.1 Å². The van der Waals surface area contributed by atoms with E-state index >= 15 is 0 Å². The van der Waals surface area contributed by atoms with Crippen LogP contribution in [0.15, 0.2) is 35.6 Å². The van der Waals surface area contributed by atoms with Crippen molar-refractivity contribution in [3.05, 3.63) is 36.3 Å². The van der Waals surface area contributed by atoms with E-state index in [1.54, 1.807) is 0 Å². The maximum atomic E-state index is 5.89. The molecular formula is C18H29N5. The lowest BCUT2D eigenvalue weighted by Crippen LogP contribution is -2.33. The van der Waals surface area contributed by atoms with Gasteiger partial charge in [-0.2, -0.15) is 0 Å². The van der Waals surface area contributed by atoms with Gasteiger partial charge >= 0.3 is 0 Å². The van der Waals surface area contributed by atoms with Gasteiger partial charge in [-0.3, -0.25) is 4.99 Å². The number of nitrogens with two attached hydrogens (primary N) is 1. The van der Waals surface area contributed by atoms with Gasteiger partial charge in [-0.1, -0.05) is 45.1 Å². The van der Waals surface area contributed by atoms with Gasteiger partial charge < -0.3 is 15.5 Å². The van der Waals surface area contributed by atoms with Crippen molar-refractivity contribution in [1.29, 1.82) is 0 Å². The molecule has 0 aliphatic rings. The van der Waals surface area contributed by atoms with Crippen LogP contribution in [0.5, 0.6) is 0 Å². The van der Waals surface area contributed by atoms with Crippen molar-refractivity contribution in [3.63, 3.8) is 0 Å². The van der Waals surface area contributed by atoms with E-state index in [4.69, 9.17) is 5.73 Å². The topological polar surface area (TPSA) is 67.7 Å². The Labute approximate surface area is 139 Å². The molecule has 2 aromatic heterocycles. The summed E-state index contributed by atoms with van der Waals surface area (Å²) in [7, 11) is 0. The van der Waals surface area contributed by atoms with Gasteiger partial charge in [-0.25, -0.2) is 4.98 Å². The van der Waals surface area contributed by atoms with Crippen molar-refractivity contribution in [2.24, 2.45) is 10.7 Å². The summed E-state index contributed by atoms with van der Waals surface area (Å²) in [5.41, 5.74) is 7.93. The molecule has 0 fully saturated rings. The van der Waals surface area contributed by atoms with Crippen LogP contribution < -0.4 is 11.1 Å². The Bertz CT molecular complexity index is 569. The van der Waals surface area contributed by atoms with E-state index in [0.29, 0.717) is 5.96 Å². The van der Waals surface area contributed by atoms with Crippen LogP contribution >= 0.6 is 0 Å². The number of nitrogens with one attached hydrogen (secondary N) is 1. The largest absolute Gasteiger partial charge is 0.370 e. The fraction of sp³-hybridized carbons (Fsp3) is 0.556. The van der Waals surface area contributed by atoms with E-state index in [1.165, 1.54) is 32.1 Å². The third kappa shape index (κ3) is 6.30. The van der Waals surface area contributed by atoms with E-state index < -0.39 is 0 Å². The summed E-state index contributed by atoms with van der Waals surface area (Å²) in [5, 5.41) is 3.17. The molecule has 0 bridgehead atoms. The van der Waals surface area contributed by atoms with E-state index in [1.807, 2.05) is 28.8 Å². The number of nitrogens with zero attached hydrogens (tertiary/aromatic N) is 3. The van der Waals surface area contributed by atoms with Crippen molar-refractivity contribution >= 4 is 11.6 Å². The molecule has 0 spiro atoms. The SMILES string of the molecule is CCCCCCCCN=C(N)NCCc1cn2ccccc2n1. The van der Waals surface area contributed by atoms with Crippen LogP contribution in [0.2, 0.25) is 0 Å². The van der Waals surface area contributed by atoms with E-state index in [9.17, 15) is 0 Å². The lowest BCUT2D eigenvalue weighted by atomic mass is 10.1. The summed E-state index contributed by atoms with van der Waals surface area (Å²) in [5.74, 6) is 0.544. The van der Waals surface area contributed by atoms with Crippen LogP contribution in [0, 0.1) is 0 Å². The first-order valence-corrected chi connectivity index (χ1v) is 8.76. The van der Waals surface area contributed by atoms with Gasteiger partial charge in [0.1, 0.15) is 5.65 Å². The molecule has 0 amide bonds. The first kappa shape index (κ1) is 17.3. The first-order chi connectivity index (χ1) is 11.3. The van der Waals surface area contributed by atoms with Crippen molar-refractivity contribution in [2.75, 3.05) is 13.1 Å². The lowest BCUT2D eigenvalue weighted by molar-refractivity contribution is 0.611. The maximum absolute atomic E-state index is 5.89. The third-order valence-electron chi connectivity index (χ3n) is 3.89. The standard InChI is InChI=1S/C18H29N5/c1-2-3-4-5-6-8-12-20-18(19)21-13-11-16-15-23-14-9-7-10-17(23)22-16/h7,9-10,14-15H,2-6,8,11-13H2,1H3,(H3,19,20,21). The highest BCUT2D eigenvalue weighted by atomic mass is 15.1. The Balaban J connectivity index is 1.60. The number of hydrogen-bond acceptors (Lipinski definition) is 2. The smallest absolute Gasteiger partial charge is 0.188 e. The highest BCUT2D eigenvalue weighted by Crippen LogP contribution is 2.05. The van der Waals surface area contributed by atoms with Gasteiger partial charge in [-0.15, -0.1) is 0 Å². The second-order valence-electron chi connectivity index (χ2n) is 5.91. The zero-order valence-corrected chi connectivity index (χ0v) is 14.2. The molecule has 126 valence electrons. The molecule has 5 heteroatoms. The number of pyridine rings is 1. The molecule has 0 unspecified atom stereocenters. The highest BCUT2D eigenvalue weighted by Gasteiger charge is 2.00. The fourth-order valence-corrected chi connectivity index (χ4v) is 2.57. The normalized spacial score (nSPS) is 12.0. The number of aromatic nitrogens is 2. The Morgan fingerprint density at radius 3 is 2.87 bits per heavy atom. The average Bonchev–Trinajstić information content (AvgIpc) is 2.96. The zero-order chi connectivity index (χ0) is 16.3. The lowest BCUT2D eigenvalue weighted by Gasteiger charge is -2.04. The van der Waals surface area contributed by atoms with E-state index in [0.717, 1.165) is 37.3 Å². The molecule has 0 aromatic carbocycles. The van der Waals surface area contributed by atoms with Crippen LogP contribution in [0.25, 0.3) is 5.65 Å². The Morgan fingerprint density at radius 2 is 2.04 bits per heavy atom. The molecule has 2 rings (SSSR count). The molecule has 2 heterocycles. The zero-order valence-electron chi connectivity index (χ0n) is 14.2. The molecule has 0 aliphatic carbocycles. The minimum absolute atomic E-state index is 0.544. The Morgan fingerprint density at radius 1 is 1.22 bits per heavy atom. The minimum Gasteiger partial charge on any atom is -0.370 e. The quantitative estimate of drug-likeness (QED) is 0.402. The summed E-state index contributed by atoms with van der Waals surface area (Å²) in [6.45, 7) is 3.82. The number of rotatable bonds is 10. The predicted octanol–water partition coefficient (Wildman–Crippen LogP) is 3.14. The van der Waals surface area contributed by atoms with Gasteiger partial charge in [-0.05, 0) is 18.6 Å². The van der Waals surface area contributed by atoms with Crippen LogP contribution in [-0.4, -0.2) is 28.4 Å². The van der Waals surface area contributed by atoms with Gasteiger partial charge in [0.15, 0.2) is 5.96 Å². The summed E-state index contributed by atoms with van der Waals surface area (Å²) >= 11 is 0. The van der Waals surface area contributed by atoms with Gasteiger partial charge in [0.2, 0.25) is 0 Å². The van der Waals surface area contributed by atoms with Gasteiger partial charge in [0.05, 0.1) is 5.69 Å². The Kier molecular flexibility index (Phi) is 7.43. The average molecular weight is 315 g/mol. The molecule has 23 heavy (non-hydrogen) atoms. The van der Waals surface area contributed by atoms with Crippen molar-refractivity contribution in [1.82, 2.24) is 14.7 Å². The molecule has 0 radical (unpaired) electrons. The first-order valence-electron chi connectivity index (χ1n) is 8.76. The molecule has 0 atom stereocenters. The fourth-order valence-electron chi connectivity index (χ4n) is 2.57. The molecule has 3 N–H and O–H groups in total. The van der Waals surface area contributed by atoms with E-state index in [2.05, 4.69) is 28.4 Å². The van der Waals surface area contributed by atoms with E-state index in [-0.39, 0.29) is 0 Å². The number of fused-ring (bicyclic) bond motifs is 1. The summed E-state index contributed by atoms with van der Waals surface area (Å²) in [6, 6.07) is 6.01. The Hall–Kier alpha value is -2.04. The number of hydrogen-bond donors (Lipinski definition) is 2. The maximum Gasteiger partial charge on any atom is 0.188 e. The summed E-state index contributed by atoms with van der Waals surface area (Å²) in [4.78, 5) is 8.94. The highest BCUT2D eigenvalue weighted by molar-refractivity contribution is 5.77. The third-order valence-corrected chi connectivity index (χ3v) is 3.89. The minimum atomic E-state index is 0.544. The number of guanidine groups is 1. The molecule has 5 nitrogen and oxygen atoms in total. The van der Waals surface area contributed by atoms with Crippen LogP contribution in [-0.2, 0) is 6.42 Å². The van der Waals surface area contributed by atoms with Gasteiger partial charge in [0.25, 0.3) is 0 Å². The number of unbranched alkanes of at least 4 members (excludes halogenated alkanes) is 5. The van der Waals surface area contributed by atoms with Crippen molar-refractivity contribution in [3.8, 4) is 0 Å². The van der Waals surface area contributed by atoms with Gasteiger partial charge in [0, 0.05) is 31.9 Å². The van der Waals surface area contributed by atoms with Crippen LogP contribution in [0.4, 0.5) is 0 Å². The van der Waals surface area contributed by atoms with Crippen LogP contribution in [0.3, 0.4) is 0 Å². The van der Waals surface area contributed by atoms with Crippen molar-refractivity contribution < 1.29 is 0 Å². The second-order valence-corrected chi connectivity index (χ2v) is 5.91.